The monoisotopic (exact) mass is 529 g/mol. The molecule has 1 fully saturated rings. The zero-order valence-corrected chi connectivity index (χ0v) is 22.5. The molecule has 3 aromatic rings. The van der Waals surface area contributed by atoms with Crippen LogP contribution in [0.4, 0.5) is 5.69 Å². The third kappa shape index (κ3) is 5.23. The minimum Gasteiger partial charge on any atom is -0.507 e. The molecule has 4 rings (SSSR count). The Labute approximate surface area is 227 Å². The van der Waals surface area contributed by atoms with Gasteiger partial charge in [0.25, 0.3) is 11.7 Å². The molecule has 0 aliphatic carbocycles. The maximum absolute atomic E-state index is 13.6. The maximum Gasteiger partial charge on any atom is 0.307 e. The SMILES string of the molecule is COc1ccc(C(C)(C)C)cc1/C(O)=C1\C(=O)C(=O)N(c2ccc(CC(=O)O)cc2)C1c1ccccc1OC. The second kappa shape index (κ2) is 10.6. The standard InChI is InChI=1S/C31H31NO7/c1-31(2,3)19-12-15-24(39-5)22(17-19)28(35)26-27(21-8-6-7-9-23(21)38-4)32(30(37)29(26)36)20-13-10-18(11-14-20)16-25(33)34/h6-15,17,27,35H,16H2,1-5H3,(H,33,34)/b28-26+. The van der Waals surface area contributed by atoms with Crippen molar-refractivity contribution in [3.63, 3.8) is 0 Å². The number of hydrogen-bond donors (Lipinski definition) is 2. The molecule has 2 N–H and O–H groups in total. The molecule has 39 heavy (non-hydrogen) atoms. The number of ether oxygens (including phenoxy) is 2. The van der Waals surface area contributed by atoms with Gasteiger partial charge < -0.3 is 19.7 Å². The van der Waals surface area contributed by atoms with Crippen LogP contribution in [0, 0.1) is 0 Å². The number of methoxy groups -OCH3 is 2. The summed E-state index contributed by atoms with van der Waals surface area (Å²) < 4.78 is 11.1. The second-order valence-corrected chi connectivity index (χ2v) is 10.3. The van der Waals surface area contributed by atoms with Crippen molar-refractivity contribution in [2.24, 2.45) is 0 Å². The van der Waals surface area contributed by atoms with E-state index in [4.69, 9.17) is 14.6 Å². The number of amides is 1. The van der Waals surface area contributed by atoms with E-state index in [-0.39, 0.29) is 23.2 Å². The highest BCUT2D eigenvalue weighted by Gasteiger charge is 2.48. The van der Waals surface area contributed by atoms with Gasteiger partial charge in [0.05, 0.1) is 37.8 Å². The van der Waals surface area contributed by atoms with Gasteiger partial charge in [0.1, 0.15) is 17.3 Å². The van der Waals surface area contributed by atoms with E-state index in [1.165, 1.54) is 19.1 Å². The Morgan fingerprint density at radius 3 is 2.13 bits per heavy atom. The van der Waals surface area contributed by atoms with E-state index in [9.17, 15) is 19.5 Å². The highest BCUT2D eigenvalue weighted by Crippen LogP contribution is 2.46. The summed E-state index contributed by atoms with van der Waals surface area (Å²) in [6.45, 7) is 6.08. The number of benzene rings is 3. The van der Waals surface area contributed by atoms with E-state index in [1.807, 2.05) is 26.8 Å². The highest BCUT2D eigenvalue weighted by atomic mass is 16.5. The lowest BCUT2D eigenvalue weighted by Crippen LogP contribution is -2.29. The van der Waals surface area contributed by atoms with Crippen molar-refractivity contribution >= 4 is 29.1 Å². The summed E-state index contributed by atoms with van der Waals surface area (Å²) in [7, 11) is 2.96. The van der Waals surface area contributed by atoms with Gasteiger partial charge in [-0.1, -0.05) is 57.2 Å². The number of ketones is 1. The number of carboxylic acids is 1. The average Bonchev–Trinajstić information content (AvgIpc) is 3.17. The number of anilines is 1. The van der Waals surface area contributed by atoms with Crippen LogP contribution in [-0.4, -0.2) is 42.1 Å². The van der Waals surface area contributed by atoms with Gasteiger partial charge in [0.15, 0.2) is 0 Å². The maximum atomic E-state index is 13.6. The van der Waals surface area contributed by atoms with Gasteiger partial charge >= 0.3 is 5.97 Å². The summed E-state index contributed by atoms with van der Waals surface area (Å²) in [6, 6.07) is 17.7. The smallest absolute Gasteiger partial charge is 0.307 e. The molecule has 1 saturated heterocycles. The Morgan fingerprint density at radius 1 is 0.897 bits per heavy atom. The van der Waals surface area contributed by atoms with E-state index in [0.29, 0.717) is 33.9 Å². The molecule has 3 aromatic carbocycles. The van der Waals surface area contributed by atoms with Gasteiger partial charge in [0.2, 0.25) is 0 Å². The van der Waals surface area contributed by atoms with Gasteiger partial charge in [-0.3, -0.25) is 19.3 Å². The van der Waals surface area contributed by atoms with Crippen LogP contribution in [0.5, 0.6) is 11.5 Å². The predicted octanol–water partition coefficient (Wildman–Crippen LogP) is 5.25. The number of hydrogen-bond acceptors (Lipinski definition) is 6. The van der Waals surface area contributed by atoms with E-state index in [0.717, 1.165) is 5.56 Å². The lowest BCUT2D eigenvalue weighted by atomic mass is 9.85. The third-order valence-electron chi connectivity index (χ3n) is 6.77. The fourth-order valence-electron chi connectivity index (χ4n) is 4.74. The number of carboxylic acid groups (broad SMARTS) is 1. The Bertz CT molecular complexity index is 1460. The molecule has 1 atom stereocenters. The van der Waals surface area contributed by atoms with Crippen LogP contribution >= 0.6 is 0 Å². The molecule has 1 amide bonds. The first-order chi connectivity index (χ1) is 18.5. The second-order valence-electron chi connectivity index (χ2n) is 10.3. The van der Waals surface area contributed by atoms with Crippen LogP contribution in [-0.2, 0) is 26.2 Å². The summed E-state index contributed by atoms with van der Waals surface area (Å²) in [5, 5.41) is 20.8. The molecule has 0 saturated carbocycles. The molecule has 1 aliphatic heterocycles. The van der Waals surface area contributed by atoms with Gasteiger partial charge in [-0.15, -0.1) is 0 Å². The normalized spacial score (nSPS) is 16.8. The minimum absolute atomic E-state index is 0.108. The molecule has 1 unspecified atom stereocenters. The van der Waals surface area contributed by atoms with Crippen molar-refractivity contribution in [3.05, 3.63) is 94.6 Å². The van der Waals surface area contributed by atoms with Gasteiger partial charge in [-0.25, -0.2) is 0 Å². The predicted molar refractivity (Wildman–Crippen MR) is 147 cm³/mol. The Balaban J connectivity index is 1.98. The van der Waals surface area contributed by atoms with Gasteiger partial charge in [-0.05, 0) is 46.9 Å². The molecule has 1 aliphatic rings. The first-order valence-corrected chi connectivity index (χ1v) is 12.4. The number of nitrogens with zero attached hydrogens (tertiary/aromatic N) is 1. The molecule has 0 radical (unpaired) electrons. The van der Waals surface area contributed by atoms with Gasteiger partial charge in [-0.2, -0.15) is 0 Å². The van der Waals surface area contributed by atoms with Crippen LogP contribution in [0.25, 0.3) is 5.76 Å². The lowest BCUT2D eigenvalue weighted by molar-refractivity contribution is -0.136. The van der Waals surface area contributed by atoms with Crippen molar-refractivity contribution in [2.45, 2.75) is 38.6 Å². The lowest BCUT2D eigenvalue weighted by Gasteiger charge is -2.27. The molecule has 1 heterocycles. The number of aliphatic hydroxyl groups is 1. The van der Waals surface area contributed by atoms with Crippen LogP contribution in [0.2, 0.25) is 0 Å². The Hall–Kier alpha value is -4.59. The molecule has 0 bridgehead atoms. The van der Waals surface area contributed by atoms with Crippen molar-refractivity contribution in [2.75, 3.05) is 19.1 Å². The fourth-order valence-corrected chi connectivity index (χ4v) is 4.74. The molecule has 0 aromatic heterocycles. The van der Waals surface area contributed by atoms with Crippen LogP contribution in [0.15, 0.2) is 72.3 Å². The third-order valence-corrected chi connectivity index (χ3v) is 6.77. The average molecular weight is 530 g/mol. The largest absolute Gasteiger partial charge is 0.507 e. The number of aliphatic carboxylic acids is 1. The van der Waals surface area contributed by atoms with Crippen molar-refractivity contribution < 1.29 is 34.1 Å². The van der Waals surface area contributed by atoms with E-state index in [2.05, 4.69) is 0 Å². The summed E-state index contributed by atoms with van der Waals surface area (Å²) in [4.78, 5) is 39.6. The number of Topliss-reactive ketones (excluding diaryl/α,β-unsaturated/α-hetero) is 1. The van der Waals surface area contributed by atoms with Crippen molar-refractivity contribution in [1.29, 1.82) is 0 Å². The molecular weight excluding hydrogens is 498 g/mol. The summed E-state index contributed by atoms with van der Waals surface area (Å²) in [5.74, 6) is -2.26. The first-order valence-electron chi connectivity index (χ1n) is 12.4. The molecule has 0 spiro atoms. The van der Waals surface area contributed by atoms with E-state index < -0.39 is 23.7 Å². The molecular formula is C31H31NO7. The topological polar surface area (TPSA) is 113 Å². The number of rotatable bonds is 7. The minimum atomic E-state index is -1.02. The summed E-state index contributed by atoms with van der Waals surface area (Å²) in [6.07, 6.45) is -0.182. The van der Waals surface area contributed by atoms with Gasteiger partial charge in [0, 0.05) is 11.3 Å². The number of aliphatic hydroxyl groups excluding tert-OH is 1. The van der Waals surface area contributed by atoms with Crippen LogP contribution in [0.1, 0.15) is 49.1 Å². The summed E-state index contributed by atoms with van der Waals surface area (Å²) >= 11 is 0. The van der Waals surface area contributed by atoms with Crippen LogP contribution < -0.4 is 14.4 Å². The fraction of sp³-hybridized carbons (Fsp3) is 0.258. The highest BCUT2D eigenvalue weighted by molar-refractivity contribution is 6.51. The first kappa shape index (κ1) is 27.4. The van der Waals surface area contributed by atoms with Crippen molar-refractivity contribution in [1.82, 2.24) is 0 Å². The summed E-state index contributed by atoms with van der Waals surface area (Å²) in [5.41, 5.74) is 2.25. The Kier molecular flexibility index (Phi) is 7.49. The zero-order chi connectivity index (χ0) is 28.5. The van der Waals surface area contributed by atoms with Crippen molar-refractivity contribution in [3.8, 4) is 11.5 Å². The molecule has 8 nitrogen and oxygen atoms in total. The van der Waals surface area contributed by atoms with E-state index >= 15 is 0 Å². The van der Waals surface area contributed by atoms with E-state index in [1.54, 1.807) is 60.7 Å². The molecule has 202 valence electrons. The zero-order valence-electron chi connectivity index (χ0n) is 22.5. The quantitative estimate of drug-likeness (QED) is 0.244. The molecule has 8 heteroatoms. The number of carbonyl (C=O) groups excluding carboxylic acids is 2. The number of para-hydroxylation sites is 1. The van der Waals surface area contributed by atoms with Crippen LogP contribution in [0.3, 0.4) is 0 Å². The number of carbonyl (C=O) groups is 3. The Morgan fingerprint density at radius 2 is 1.54 bits per heavy atom.